The van der Waals surface area contributed by atoms with E-state index in [2.05, 4.69) is 10.6 Å². The van der Waals surface area contributed by atoms with Crippen LogP contribution in [0.1, 0.15) is 22.3 Å². The fraction of sp³-hybridized carbons (Fsp3) is 0.200. The summed E-state index contributed by atoms with van der Waals surface area (Å²) in [6.07, 6.45) is 2.46. The van der Waals surface area contributed by atoms with Crippen LogP contribution in [0.4, 0.5) is 11.4 Å². The lowest BCUT2D eigenvalue weighted by Gasteiger charge is -2.06. The first-order valence-corrected chi connectivity index (χ1v) is 7.79. The van der Waals surface area contributed by atoms with E-state index >= 15 is 0 Å². The quantitative estimate of drug-likeness (QED) is 0.834. The first-order valence-electron chi connectivity index (χ1n) is 7.79. The Morgan fingerprint density at radius 2 is 1.25 bits per heavy atom. The second-order valence-electron chi connectivity index (χ2n) is 5.99. The van der Waals surface area contributed by atoms with Gasteiger partial charge in [-0.15, -0.1) is 0 Å². The van der Waals surface area contributed by atoms with Crippen LogP contribution < -0.4 is 10.6 Å². The number of hydrogen-bond acceptors (Lipinski definition) is 2. The van der Waals surface area contributed by atoms with Crippen LogP contribution in [0.15, 0.2) is 48.6 Å². The van der Waals surface area contributed by atoms with Crippen LogP contribution in [-0.4, -0.2) is 11.8 Å². The van der Waals surface area contributed by atoms with Crippen LogP contribution >= 0.6 is 0 Å². The van der Waals surface area contributed by atoms with Crippen molar-refractivity contribution in [1.29, 1.82) is 0 Å². The van der Waals surface area contributed by atoms with Crippen LogP contribution in [0.3, 0.4) is 0 Å². The van der Waals surface area contributed by atoms with Gasteiger partial charge in [0.05, 0.1) is 0 Å². The number of rotatable bonds is 4. The Morgan fingerprint density at radius 3 is 1.79 bits per heavy atom. The number of aryl methyl sites for hydroxylation is 4. The lowest BCUT2D eigenvalue weighted by atomic mass is 10.1. The zero-order valence-corrected chi connectivity index (χ0v) is 14.4. The molecule has 2 rings (SSSR count). The monoisotopic (exact) mass is 322 g/mol. The number of amides is 2. The molecule has 0 atom stereocenters. The van der Waals surface area contributed by atoms with Gasteiger partial charge in [-0.25, -0.2) is 0 Å². The maximum absolute atomic E-state index is 11.9. The Hall–Kier alpha value is -2.88. The van der Waals surface area contributed by atoms with Crippen molar-refractivity contribution in [3.8, 4) is 0 Å². The van der Waals surface area contributed by atoms with Gasteiger partial charge in [0, 0.05) is 23.5 Å². The van der Waals surface area contributed by atoms with Gasteiger partial charge in [0.25, 0.3) is 0 Å². The van der Waals surface area contributed by atoms with Gasteiger partial charge in [0.2, 0.25) is 11.8 Å². The Bertz CT molecular complexity index is 787. The number of carbonyl (C=O) groups excluding carboxylic acids is 2. The average Bonchev–Trinajstić information content (AvgIpc) is 2.48. The maximum atomic E-state index is 11.9. The number of anilines is 2. The molecule has 2 amide bonds. The fourth-order valence-corrected chi connectivity index (χ4v) is 2.39. The van der Waals surface area contributed by atoms with Gasteiger partial charge >= 0.3 is 0 Å². The van der Waals surface area contributed by atoms with E-state index in [1.165, 1.54) is 12.2 Å². The van der Waals surface area contributed by atoms with Gasteiger partial charge < -0.3 is 10.6 Å². The summed E-state index contributed by atoms with van der Waals surface area (Å²) in [4.78, 5) is 23.8. The van der Waals surface area contributed by atoms with E-state index in [1.54, 1.807) is 0 Å². The molecule has 0 heterocycles. The van der Waals surface area contributed by atoms with Crippen LogP contribution in [0.25, 0.3) is 0 Å². The molecule has 2 aromatic carbocycles. The predicted molar refractivity (Wildman–Crippen MR) is 98.2 cm³/mol. The summed E-state index contributed by atoms with van der Waals surface area (Å²) in [5, 5.41) is 5.50. The van der Waals surface area contributed by atoms with E-state index < -0.39 is 0 Å². The molecule has 0 aliphatic heterocycles. The highest BCUT2D eigenvalue weighted by molar-refractivity contribution is 6.06. The molecule has 4 heteroatoms. The minimum Gasteiger partial charge on any atom is -0.323 e. The highest BCUT2D eigenvalue weighted by Gasteiger charge is 2.03. The topological polar surface area (TPSA) is 58.2 Å². The fourth-order valence-electron chi connectivity index (χ4n) is 2.39. The molecule has 0 saturated heterocycles. The van der Waals surface area contributed by atoms with E-state index in [-0.39, 0.29) is 11.8 Å². The van der Waals surface area contributed by atoms with Gasteiger partial charge in [-0.05, 0) is 74.2 Å². The van der Waals surface area contributed by atoms with Crippen molar-refractivity contribution in [1.82, 2.24) is 0 Å². The van der Waals surface area contributed by atoms with Crippen molar-refractivity contribution in [3.05, 3.63) is 70.8 Å². The third kappa shape index (κ3) is 5.09. The largest absolute Gasteiger partial charge is 0.323 e. The minimum atomic E-state index is -0.339. The Morgan fingerprint density at radius 1 is 0.708 bits per heavy atom. The number of nitrogens with one attached hydrogen (secondary N) is 2. The third-order valence-electron chi connectivity index (χ3n) is 3.65. The summed E-state index contributed by atoms with van der Waals surface area (Å²) in [5.74, 6) is -0.677. The van der Waals surface area contributed by atoms with E-state index in [4.69, 9.17) is 0 Å². The molecule has 0 radical (unpaired) electrons. The second kappa shape index (κ2) is 7.59. The molecule has 0 fully saturated rings. The summed E-state index contributed by atoms with van der Waals surface area (Å²) in [5.41, 5.74) is 5.84. The lowest BCUT2D eigenvalue weighted by molar-refractivity contribution is -0.114. The van der Waals surface area contributed by atoms with Gasteiger partial charge in [-0.3, -0.25) is 9.59 Å². The van der Waals surface area contributed by atoms with Crippen molar-refractivity contribution in [2.75, 3.05) is 10.6 Å². The maximum Gasteiger partial charge on any atom is 0.248 e. The Labute approximate surface area is 142 Å². The zero-order valence-electron chi connectivity index (χ0n) is 14.4. The summed E-state index contributed by atoms with van der Waals surface area (Å²) in [6, 6.07) is 11.5. The summed E-state index contributed by atoms with van der Waals surface area (Å²) >= 11 is 0. The second-order valence-corrected chi connectivity index (χ2v) is 5.99. The van der Waals surface area contributed by atoms with Gasteiger partial charge in [0.15, 0.2) is 0 Å². The molecule has 24 heavy (non-hydrogen) atoms. The number of benzene rings is 2. The lowest BCUT2D eigenvalue weighted by Crippen LogP contribution is -2.12. The average molecular weight is 322 g/mol. The molecule has 0 aromatic heterocycles. The molecule has 4 nitrogen and oxygen atoms in total. The van der Waals surface area contributed by atoms with Crippen LogP contribution in [-0.2, 0) is 9.59 Å². The van der Waals surface area contributed by atoms with Crippen LogP contribution in [0.5, 0.6) is 0 Å². The summed E-state index contributed by atoms with van der Waals surface area (Å²) in [6.45, 7) is 7.93. The molecule has 0 aliphatic carbocycles. The smallest absolute Gasteiger partial charge is 0.248 e. The predicted octanol–water partition coefficient (Wildman–Crippen LogP) is 4.05. The van der Waals surface area contributed by atoms with Crippen molar-refractivity contribution in [2.45, 2.75) is 27.7 Å². The molecule has 0 spiro atoms. The van der Waals surface area contributed by atoms with Crippen LogP contribution in [0, 0.1) is 27.7 Å². The van der Waals surface area contributed by atoms with Gasteiger partial charge in [-0.2, -0.15) is 0 Å². The molecule has 0 bridgehead atoms. The van der Waals surface area contributed by atoms with E-state index in [0.29, 0.717) is 5.69 Å². The number of hydrogen-bond donors (Lipinski definition) is 2. The minimum absolute atomic E-state index is 0.338. The number of carbonyl (C=O) groups is 2. The first kappa shape index (κ1) is 17.5. The van der Waals surface area contributed by atoms with Crippen molar-refractivity contribution < 1.29 is 9.59 Å². The molecule has 2 aromatic rings. The van der Waals surface area contributed by atoms with Gasteiger partial charge in [0.1, 0.15) is 0 Å². The molecule has 0 unspecified atom stereocenters. The molecule has 0 aliphatic rings. The standard InChI is InChI=1S/C20H22N2O2/c1-13-9-14(2)11-18(10-13)22-20(24)8-7-19(23)21-17-6-5-15(3)16(4)12-17/h5-12H,1-4H3,(H,21,23)(H,22,24). The van der Waals surface area contributed by atoms with Gasteiger partial charge in [-0.1, -0.05) is 12.1 Å². The molecule has 124 valence electrons. The molecular weight excluding hydrogens is 300 g/mol. The van der Waals surface area contributed by atoms with E-state index in [0.717, 1.165) is 27.9 Å². The van der Waals surface area contributed by atoms with Crippen molar-refractivity contribution >= 4 is 23.2 Å². The van der Waals surface area contributed by atoms with E-state index in [9.17, 15) is 9.59 Å². The third-order valence-corrected chi connectivity index (χ3v) is 3.65. The van der Waals surface area contributed by atoms with Crippen molar-refractivity contribution in [3.63, 3.8) is 0 Å². The highest BCUT2D eigenvalue weighted by Crippen LogP contribution is 2.15. The SMILES string of the molecule is Cc1cc(C)cc(NC(=O)C=CC(=O)Nc2ccc(C)c(C)c2)c1. The van der Waals surface area contributed by atoms with E-state index in [1.807, 2.05) is 64.1 Å². The molecular formula is C20H22N2O2. The molecule has 2 N–H and O–H groups in total. The van der Waals surface area contributed by atoms with Crippen molar-refractivity contribution in [2.24, 2.45) is 0 Å². The Kier molecular flexibility index (Phi) is 5.53. The molecule has 0 saturated carbocycles. The summed E-state index contributed by atoms with van der Waals surface area (Å²) < 4.78 is 0. The normalized spacial score (nSPS) is 10.7. The zero-order chi connectivity index (χ0) is 17.7. The Balaban J connectivity index is 1.95. The highest BCUT2D eigenvalue weighted by atomic mass is 16.2. The van der Waals surface area contributed by atoms with Crippen LogP contribution in [0.2, 0.25) is 0 Å². The first-order chi connectivity index (χ1) is 11.3. The summed E-state index contributed by atoms with van der Waals surface area (Å²) in [7, 11) is 0.